The van der Waals surface area contributed by atoms with Gasteiger partial charge in [-0.2, -0.15) is 13.2 Å². The maximum Gasteiger partial charge on any atom is 0.445 e. The molecule has 2 atom stereocenters. The molecule has 31 heavy (non-hydrogen) atoms. The van der Waals surface area contributed by atoms with Crippen LogP contribution in [-0.2, 0) is 20.6 Å². The first kappa shape index (κ1) is 28.7. The van der Waals surface area contributed by atoms with E-state index >= 15 is 0 Å². The van der Waals surface area contributed by atoms with Gasteiger partial charge in [0.2, 0.25) is 16.0 Å². The van der Waals surface area contributed by atoms with E-state index in [1.165, 1.54) is 13.1 Å². The molecule has 0 aromatic carbocycles. The van der Waals surface area contributed by atoms with Gasteiger partial charge in [0.25, 0.3) is 5.91 Å². The number of carbonyl (C=O) groups is 3. The Labute approximate surface area is 184 Å². The van der Waals surface area contributed by atoms with Gasteiger partial charge in [-0.05, 0) is 25.3 Å². The third kappa shape index (κ3) is 9.55. The average molecular weight is 466 g/mol. The minimum atomic E-state index is -4.60. The van der Waals surface area contributed by atoms with Crippen molar-refractivity contribution in [3.63, 3.8) is 0 Å². The van der Waals surface area contributed by atoms with E-state index in [2.05, 4.69) is 20.8 Å². The molecule has 1 aromatic heterocycles. The van der Waals surface area contributed by atoms with E-state index in [4.69, 9.17) is 4.79 Å². The number of amides is 2. The molecule has 1 unspecified atom stereocenters. The van der Waals surface area contributed by atoms with Gasteiger partial charge in [0.15, 0.2) is 0 Å². The first-order valence-electron chi connectivity index (χ1n) is 9.77. The summed E-state index contributed by atoms with van der Waals surface area (Å²) in [6, 6.07) is -0.564. The Balaban J connectivity index is 0.00000212. The Bertz CT molecular complexity index is 721. The third-order valence-electron chi connectivity index (χ3n) is 3.94. The minimum absolute atomic E-state index is 0.128. The predicted molar refractivity (Wildman–Crippen MR) is 114 cm³/mol. The van der Waals surface area contributed by atoms with Crippen molar-refractivity contribution in [2.45, 2.75) is 58.8 Å². The third-order valence-corrected chi connectivity index (χ3v) is 4.98. The normalized spacial score (nSPS) is 16.4. The van der Waals surface area contributed by atoms with Crippen molar-refractivity contribution in [1.82, 2.24) is 20.8 Å². The standard InChI is InChI=1S/C16H22F3N5O2S.C2H6.CH2O/c1-9(2)8-10(21-13(26)11-6-7-20-11)4-5-12(25)24(3)15-23-22-14(27-15)16(17,18)19;2*1-2/h4-5,9-11,20H,6-8H2,1-3H3,(H,21,26);1-2H3;1H2/b5-4+;;/t10-,11?;;/m1../s1. The number of aromatic nitrogens is 2. The Hall–Kier alpha value is -2.34. The van der Waals surface area contributed by atoms with E-state index in [9.17, 15) is 22.8 Å². The van der Waals surface area contributed by atoms with Crippen molar-refractivity contribution in [3.05, 3.63) is 17.2 Å². The maximum absolute atomic E-state index is 12.6. The van der Waals surface area contributed by atoms with Gasteiger partial charge in [0.1, 0.15) is 6.79 Å². The summed E-state index contributed by atoms with van der Waals surface area (Å²) in [4.78, 5) is 33.3. The first-order chi connectivity index (χ1) is 14.6. The largest absolute Gasteiger partial charge is 0.445 e. The highest BCUT2D eigenvalue weighted by Crippen LogP contribution is 2.34. The molecule has 1 aliphatic heterocycles. The van der Waals surface area contributed by atoms with E-state index in [0.717, 1.165) is 17.9 Å². The van der Waals surface area contributed by atoms with Gasteiger partial charge in [0, 0.05) is 19.2 Å². The number of alkyl halides is 3. The molecule has 1 aromatic rings. The van der Waals surface area contributed by atoms with E-state index in [1.54, 1.807) is 6.08 Å². The van der Waals surface area contributed by atoms with Crippen molar-refractivity contribution < 1.29 is 27.6 Å². The lowest BCUT2D eigenvalue weighted by atomic mass is 10.0. The molecule has 2 N–H and O–H groups in total. The molecule has 0 bridgehead atoms. The molecule has 0 spiro atoms. The summed E-state index contributed by atoms with van der Waals surface area (Å²) in [5.74, 6) is -0.402. The van der Waals surface area contributed by atoms with E-state index in [0.29, 0.717) is 17.8 Å². The second-order valence-electron chi connectivity index (χ2n) is 6.68. The number of halogens is 3. The lowest BCUT2D eigenvalue weighted by Crippen LogP contribution is -2.55. The van der Waals surface area contributed by atoms with Gasteiger partial charge in [-0.1, -0.05) is 45.1 Å². The number of nitrogens with zero attached hydrogens (tertiary/aromatic N) is 3. The van der Waals surface area contributed by atoms with Crippen molar-refractivity contribution >= 4 is 35.1 Å². The highest BCUT2D eigenvalue weighted by atomic mass is 32.1. The Morgan fingerprint density at radius 1 is 1.32 bits per heavy atom. The molecule has 2 amide bonds. The molecule has 1 saturated heterocycles. The van der Waals surface area contributed by atoms with E-state index in [-0.39, 0.29) is 29.0 Å². The van der Waals surface area contributed by atoms with Crippen molar-refractivity contribution in [3.8, 4) is 0 Å². The van der Waals surface area contributed by atoms with Crippen LogP contribution in [0.1, 0.15) is 45.5 Å². The van der Waals surface area contributed by atoms with Gasteiger partial charge in [-0.15, -0.1) is 10.2 Å². The van der Waals surface area contributed by atoms with Gasteiger partial charge in [-0.3, -0.25) is 14.5 Å². The lowest BCUT2D eigenvalue weighted by molar-refractivity contribution is -0.138. The molecule has 2 heterocycles. The van der Waals surface area contributed by atoms with Crippen LogP contribution in [0.5, 0.6) is 0 Å². The minimum Gasteiger partial charge on any atom is -0.349 e. The summed E-state index contributed by atoms with van der Waals surface area (Å²) in [7, 11) is 1.32. The maximum atomic E-state index is 12.6. The number of likely N-dealkylation sites (N-methyl/N-ethyl adjacent to an activating group) is 1. The van der Waals surface area contributed by atoms with Crippen LogP contribution in [-0.4, -0.2) is 54.5 Å². The number of hydrogen-bond acceptors (Lipinski definition) is 7. The molecular weight excluding hydrogens is 435 g/mol. The van der Waals surface area contributed by atoms with E-state index in [1.807, 2.05) is 34.5 Å². The zero-order chi connectivity index (χ0) is 24.2. The van der Waals surface area contributed by atoms with Gasteiger partial charge >= 0.3 is 6.18 Å². The molecule has 176 valence electrons. The van der Waals surface area contributed by atoms with Crippen molar-refractivity contribution in [2.75, 3.05) is 18.5 Å². The summed E-state index contributed by atoms with van der Waals surface area (Å²) < 4.78 is 37.8. The highest BCUT2D eigenvalue weighted by molar-refractivity contribution is 7.15. The SMILES string of the molecule is C=O.CC.CC(C)C[C@@H](/C=C/C(=O)N(C)c1nnc(C(F)(F)F)s1)NC(=O)C1CCN1. The molecule has 8 nitrogen and oxygen atoms in total. The van der Waals surface area contributed by atoms with Gasteiger partial charge in [0.05, 0.1) is 6.04 Å². The van der Waals surface area contributed by atoms with Crippen LogP contribution < -0.4 is 15.5 Å². The fourth-order valence-corrected chi connectivity index (χ4v) is 3.04. The molecular formula is C19H30F3N5O3S. The highest BCUT2D eigenvalue weighted by Gasteiger charge is 2.36. The van der Waals surface area contributed by atoms with Gasteiger partial charge < -0.3 is 15.4 Å². The topological polar surface area (TPSA) is 104 Å². The quantitative estimate of drug-likeness (QED) is 0.600. The number of rotatable bonds is 7. The van der Waals surface area contributed by atoms with Crippen LogP contribution in [0.2, 0.25) is 0 Å². The van der Waals surface area contributed by atoms with E-state index < -0.39 is 17.1 Å². The molecule has 12 heteroatoms. The summed E-state index contributed by atoms with van der Waals surface area (Å²) in [6.45, 7) is 10.8. The smallest absolute Gasteiger partial charge is 0.349 e. The summed E-state index contributed by atoms with van der Waals surface area (Å²) in [5, 5.41) is 11.1. The number of nitrogens with one attached hydrogen (secondary N) is 2. The molecule has 0 saturated carbocycles. The molecule has 1 aliphatic rings. The first-order valence-corrected chi connectivity index (χ1v) is 10.6. The Morgan fingerprint density at radius 3 is 2.32 bits per heavy atom. The van der Waals surface area contributed by atoms with Crippen molar-refractivity contribution in [1.29, 1.82) is 0 Å². The number of hydrogen-bond donors (Lipinski definition) is 2. The summed E-state index contributed by atoms with van der Waals surface area (Å²) >= 11 is 0.292. The molecule has 0 aliphatic carbocycles. The monoisotopic (exact) mass is 465 g/mol. The second-order valence-corrected chi connectivity index (χ2v) is 7.64. The number of anilines is 1. The van der Waals surface area contributed by atoms with Crippen LogP contribution in [0.4, 0.5) is 18.3 Å². The molecule has 1 fully saturated rings. The predicted octanol–water partition coefficient (Wildman–Crippen LogP) is 2.81. The van der Waals surface area contributed by atoms with Crippen LogP contribution in [0.3, 0.4) is 0 Å². The van der Waals surface area contributed by atoms with Crippen LogP contribution in [0.15, 0.2) is 12.2 Å². The average Bonchev–Trinajstić information content (AvgIpc) is 3.17. The zero-order valence-electron chi connectivity index (χ0n) is 18.3. The fourth-order valence-electron chi connectivity index (χ4n) is 2.36. The van der Waals surface area contributed by atoms with Crippen LogP contribution in [0, 0.1) is 5.92 Å². The Kier molecular flexibility index (Phi) is 12.8. The van der Waals surface area contributed by atoms with Gasteiger partial charge in [-0.25, -0.2) is 0 Å². The second kappa shape index (κ2) is 13.9. The number of carbonyl (C=O) groups excluding carboxylic acids is 3. The summed E-state index contributed by atoms with van der Waals surface area (Å²) in [6.07, 6.45) is -0.414. The van der Waals surface area contributed by atoms with Crippen LogP contribution >= 0.6 is 11.3 Å². The summed E-state index contributed by atoms with van der Waals surface area (Å²) in [5.41, 5.74) is 0. The zero-order valence-corrected chi connectivity index (χ0v) is 19.1. The van der Waals surface area contributed by atoms with Crippen molar-refractivity contribution in [2.24, 2.45) is 5.92 Å². The molecule has 0 radical (unpaired) electrons. The Morgan fingerprint density at radius 2 is 1.90 bits per heavy atom. The lowest BCUT2D eigenvalue weighted by Gasteiger charge is -2.28. The molecule has 2 rings (SSSR count). The fraction of sp³-hybridized carbons (Fsp3) is 0.632. The van der Waals surface area contributed by atoms with Crippen LogP contribution in [0.25, 0.3) is 0 Å².